The molecule has 0 unspecified atom stereocenters. The molecule has 0 radical (unpaired) electrons. The molecule has 1 aliphatic heterocycles. The minimum absolute atomic E-state index is 0.135. The van der Waals surface area contributed by atoms with E-state index in [1.165, 1.54) is 0 Å². The lowest BCUT2D eigenvalue weighted by molar-refractivity contribution is 0.0105. The van der Waals surface area contributed by atoms with Crippen LogP contribution in [0.15, 0.2) is 24.3 Å². The van der Waals surface area contributed by atoms with Crippen molar-refractivity contribution < 1.29 is 17.9 Å². The lowest BCUT2D eigenvalue weighted by Crippen LogP contribution is -2.50. The number of hydrogen-bond donors (Lipinski definition) is 1. The van der Waals surface area contributed by atoms with Gasteiger partial charge in [0.1, 0.15) is 5.60 Å². The predicted molar refractivity (Wildman–Crippen MR) is 102 cm³/mol. The summed E-state index contributed by atoms with van der Waals surface area (Å²) >= 11 is 0. The van der Waals surface area contributed by atoms with Crippen LogP contribution in [0, 0.1) is 11.3 Å². The molecular weight excluding hydrogens is 366 g/mol. The summed E-state index contributed by atoms with van der Waals surface area (Å²) in [6.45, 7) is 6.10. The molecule has 0 aromatic heterocycles. The van der Waals surface area contributed by atoms with Crippen LogP contribution in [0.5, 0.6) is 0 Å². The summed E-state index contributed by atoms with van der Waals surface area (Å²) in [7, 11) is -3.63. The van der Waals surface area contributed by atoms with E-state index in [2.05, 4.69) is 4.72 Å². The minimum Gasteiger partial charge on any atom is -0.444 e. The number of nitrogens with one attached hydrogen (secondary N) is 1. The Bertz CT molecular complexity index is 809. The maximum absolute atomic E-state index is 12.5. The number of ether oxygens (including phenoxy) is 1. The van der Waals surface area contributed by atoms with Gasteiger partial charge in [-0.15, -0.1) is 0 Å². The second-order valence-electron chi connectivity index (χ2n) is 7.70. The number of carbonyl (C=O) groups excluding carboxylic acids is 1. The zero-order valence-corrected chi connectivity index (χ0v) is 16.9. The topological polar surface area (TPSA) is 99.5 Å². The number of hydrogen-bond acceptors (Lipinski definition) is 5. The van der Waals surface area contributed by atoms with E-state index < -0.39 is 21.7 Å². The van der Waals surface area contributed by atoms with Crippen LogP contribution >= 0.6 is 0 Å². The van der Waals surface area contributed by atoms with Crippen molar-refractivity contribution in [3.8, 4) is 6.07 Å². The third-order valence-electron chi connectivity index (χ3n) is 4.28. The number of amides is 1. The lowest BCUT2D eigenvalue weighted by Gasteiger charge is -2.36. The number of nitriles is 1. The highest BCUT2D eigenvalue weighted by Crippen LogP contribution is 2.20. The zero-order valence-electron chi connectivity index (χ0n) is 16.1. The first-order chi connectivity index (χ1) is 12.6. The van der Waals surface area contributed by atoms with E-state index in [-0.39, 0.29) is 18.3 Å². The maximum Gasteiger partial charge on any atom is 0.410 e. The van der Waals surface area contributed by atoms with Crippen molar-refractivity contribution in [1.29, 1.82) is 5.26 Å². The fourth-order valence-electron chi connectivity index (χ4n) is 3.01. The van der Waals surface area contributed by atoms with Crippen LogP contribution in [0.25, 0.3) is 0 Å². The first kappa shape index (κ1) is 21.2. The summed E-state index contributed by atoms with van der Waals surface area (Å²) < 4.78 is 33.0. The van der Waals surface area contributed by atoms with Crippen molar-refractivity contribution in [3.63, 3.8) is 0 Å². The summed E-state index contributed by atoms with van der Waals surface area (Å²) in [4.78, 5) is 14.0. The smallest absolute Gasteiger partial charge is 0.410 e. The summed E-state index contributed by atoms with van der Waals surface area (Å²) in [6.07, 6.45) is 2.11. The van der Waals surface area contributed by atoms with Crippen molar-refractivity contribution in [3.05, 3.63) is 35.4 Å². The molecule has 1 aromatic carbocycles. The number of rotatable bonds is 5. The number of benzene rings is 1. The number of carbonyl (C=O) groups is 1. The van der Waals surface area contributed by atoms with Gasteiger partial charge in [-0.1, -0.05) is 18.2 Å². The van der Waals surface area contributed by atoms with E-state index in [4.69, 9.17) is 10.00 Å². The molecule has 2 rings (SSSR count). The van der Waals surface area contributed by atoms with Gasteiger partial charge in [-0.2, -0.15) is 5.26 Å². The highest BCUT2D eigenvalue weighted by molar-refractivity contribution is 7.88. The molecule has 1 N–H and O–H groups in total. The summed E-state index contributed by atoms with van der Waals surface area (Å²) in [5, 5.41) is 9.11. The molecule has 27 heavy (non-hydrogen) atoms. The van der Waals surface area contributed by atoms with E-state index >= 15 is 0 Å². The molecule has 148 valence electrons. The van der Waals surface area contributed by atoms with Gasteiger partial charge in [-0.05, 0) is 51.7 Å². The average Bonchev–Trinajstić information content (AvgIpc) is 2.59. The minimum atomic E-state index is -3.63. The van der Waals surface area contributed by atoms with Crippen molar-refractivity contribution in [2.75, 3.05) is 13.1 Å². The van der Waals surface area contributed by atoms with Crippen LogP contribution < -0.4 is 4.72 Å². The van der Waals surface area contributed by atoms with Crippen molar-refractivity contribution >= 4 is 16.1 Å². The SMILES string of the molecule is CC(C)(C)OC(=O)N1CCCC[C@H]1CNS(=O)(=O)Cc1ccccc1C#N. The van der Waals surface area contributed by atoms with Crippen molar-refractivity contribution in [1.82, 2.24) is 9.62 Å². The molecule has 1 atom stereocenters. The van der Waals surface area contributed by atoms with E-state index in [9.17, 15) is 13.2 Å². The molecule has 1 fully saturated rings. The van der Waals surface area contributed by atoms with Gasteiger partial charge < -0.3 is 9.64 Å². The molecule has 1 heterocycles. The normalized spacial score (nSPS) is 18.0. The molecule has 8 heteroatoms. The molecule has 0 bridgehead atoms. The Balaban J connectivity index is 2.02. The van der Waals surface area contributed by atoms with Crippen LogP contribution in [0.4, 0.5) is 4.79 Å². The van der Waals surface area contributed by atoms with Crippen LogP contribution in [0.3, 0.4) is 0 Å². The Hall–Kier alpha value is -2.11. The monoisotopic (exact) mass is 393 g/mol. The number of sulfonamides is 1. The van der Waals surface area contributed by atoms with Gasteiger partial charge in [0.15, 0.2) is 0 Å². The van der Waals surface area contributed by atoms with Gasteiger partial charge in [-0.25, -0.2) is 17.9 Å². The lowest BCUT2D eigenvalue weighted by atomic mass is 10.0. The van der Waals surface area contributed by atoms with Gasteiger partial charge in [-0.3, -0.25) is 0 Å². The number of nitrogens with zero attached hydrogens (tertiary/aromatic N) is 2. The molecule has 1 aliphatic rings. The second kappa shape index (κ2) is 8.72. The van der Waals surface area contributed by atoms with E-state index in [0.29, 0.717) is 17.7 Å². The second-order valence-corrected chi connectivity index (χ2v) is 9.51. The van der Waals surface area contributed by atoms with E-state index in [1.54, 1.807) is 49.9 Å². The molecule has 0 aliphatic carbocycles. The van der Waals surface area contributed by atoms with Gasteiger partial charge in [0.2, 0.25) is 10.0 Å². The standard InChI is InChI=1S/C19H27N3O4S/c1-19(2,3)26-18(23)22-11-7-6-10-17(22)13-21-27(24,25)14-16-9-5-4-8-15(16)12-20/h4-5,8-9,17,21H,6-7,10-11,13-14H2,1-3H3/t17-/m0/s1. The van der Waals surface area contributed by atoms with Gasteiger partial charge in [0, 0.05) is 19.1 Å². The molecule has 1 amide bonds. The third-order valence-corrected chi connectivity index (χ3v) is 5.57. The zero-order chi connectivity index (χ0) is 20.1. The molecular formula is C19H27N3O4S. The fraction of sp³-hybridized carbons (Fsp3) is 0.579. The van der Waals surface area contributed by atoms with E-state index in [0.717, 1.165) is 19.3 Å². The van der Waals surface area contributed by atoms with Gasteiger partial charge in [0.25, 0.3) is 0 Å². The third kappa shape index (κ3) is 6.52. The van der Waals surface area contributed by atoms with Gasteiger partial charge in [0.05, 0.1) is 17.4 Å². The Morgan fingerprint density at radius 2 is 2.04 bits per heavy atom. The molecule has 7 nitrogen and oxygen atoms in total. The summed E-state index contributed by atoms with van der Waals surface area (Å²) in [5.41, 5.74) is 0.204. The van der Waals surface area contributed by atoms with E-state index in [1.807, 2.05) is 6.07 Å². The molecule has 0 spiro atoms. The number of piperidine rings is 1. The molecule has 1 aromatic rings. The van der Waals surface area contributed by atoms with Gasteiger partial charge >= 0.3 is 6.09 Å². The summed E-state index contributed by atoms with van der Waals surface area (Å²) in [6, 6.07) is 8.39. The largest absolute Gasteiger partial charge is 0.444 e. The highest BCUT2D eigenvalue weighted by atomic mass is 32.2. The van der Waals surface area contributed by atoms with Crippen LogP contribution in [-0.4, -0.2) is 44.1 Å². The Morgan fingerprint density at radius 1 is 1.33 bits per heavy atom. The first-order valence-corrected chi connectivity index (χ1v) is 10.7. The van der Waals surface area contributed by atoms with Crippen molar-refractivity contribution in [2.45, 2.75) is 57.4 Å². The molecule has 1 saturated heterocycles. The fourth-order valence-corrected chi connectivity index (χ4v) is 4.22. The highest BCUT2D eigenvalue weighted by Gasteiger charge is 2.31. The van der Waals surface area contributed by atoms with Crippen LogP contribution in [0.1, 0.15) is 51.2 Å². The quantitative estimate of drug-likeness (QED) is 0.829. The maximum atomic E-state index is 12.5. The van der Waals surface area contributed by atoms with Crippen molar-refractivity contribution in [2.24, 2.45) is 0 Å². The first-order valence-electron chi connectivity index (χ1n) is 9.06. The number of likely N-dealkylation sites (tertiary alicyclic amines) is 1. The van der Waals surface area contributed by atoms with Crippen LogP contribution in [-0.2, 0) is 20.5 Å². The van der Waals surface area contributed by atoms with Crippen LogP contribution in [0.2, 0.25) is 0 Å². The summed E-state index contributed by atoms with van der Waals surface area (Å²) in [5.74, 6) is -0.268. The predicted octanol–water partition coefficient (Wildman–Crippen LogP) is 2.77. The Kier molecular flexibility index (Phi) is 6.84. The average molecular weight is 394 g/mol. The molecule has 0 saturated carbocycles. The Morgan fingerprint density at radius 3 is 2.70 bits per heavy atom. The Labute approximate surface area is 161 Å².